The molecule has 1 unspecified atom stereocenters. The predicted octanol–water partition coefficient (Wildman–Crippen LogP) is 1.56. The van der Waals surface area contributed by atoms with Gasteiger partial charge in [-0.15, -0.1) is 0 Å². The first-order chi connectivity index (χ1) is 7.04. The van der Waals surface area contributed by atoms with Crippen LogP contribution in [0.25, 0.3) is 0 Å². The second kappa shape index (κ2) is 4.63. The molecule has 15 heavy (non-hydrogen) atoms. The Hall–Kier alpha value is -1.78. The van der Waals surface area contributed by atoms with E-state index in [2.05, 4.69) is 5.32 Å². The molecule has 0 aliphatic heterocycles. The fraction of sp³-hybridized carbons (Fsp3) is 0.300. The highest BCUT2D eigenvalue weighted by molar-refractivity contribution is 5.72. The van der Waals surface area contributed by atoms with Crippen LogP contribution in [0.15, 0.2) is 18.2 Å². The van der Waals surface area contributed by atoms with E-state index in [1.165, 1.54) is 25.3 Å². The van der Waals surface area contributed by atoms with Crippen LogP contribution in [0.5, 0.6) is 5.75 Å². The molecule has 4 nitrogen and oxygen atoms in total. The molecule has 5 heteroatoms. The van der Waals surface area contributed by atoms with Crippen molar-refractivity contribution in [2.75, 3.05) is 7.11 Å². The minimum Gasteiger partial charge on any atom is -0.496 e. The van der Waals surface area contributed by atoms with E-state index in [0.29, 0.717) is 11.3 Å². The van der Waals surface area contributed by atoms with Crippen molar-refractivity contribution in [1.82, 2.24) is 5.32 Å². The Morgan fingerprint density at radius 2 is 2.27 bits per heavy atom. The molecule has 0 aromatic heterocycles. The Morgan fingerprint density at radius 1 is 1.60 bits per heavy atom. The predicted molar refractivity (Wildman–Crippen MR) is 54.1 cm³/mol. The van der Waals surface area contributed by atoms with Crippen LogP contribution in [0.4, 0.5) is 9.18 Å². The summed E-state index contributed by atoms with van der Waals surface area (Å²) in [5, 5.41) is 2.45. The lowest BCUT2D eigenvalue weighted by Crippen LogP contribution is -2.31. The SMILES string of the molecule is COc1ccc(F)cc1C(C)NC(N)=O. The van der Waals surface area contributed by atoms with Crippen molar-refractivity contribution < 1.29 is 13.9 Å². The second-order valence-corrected chi connectivity index (χ2v) is 3.12. The molecule has 1 atom stereocenters. The highest BCUT2D eigenvalue weighted by Crippen LogP contribution is 2.25. The van der Waals surface area contributed by atoms with E-state index in [1.807, 2.05) is 0 Å². The minimum atomic E-state index is -0.659. The van der Waals surface area contributed by atoms with Crippen molar-refractivity contribution in [2.24, 2.45) is 5.73 Å². The summed E-state index contributed by atoms with van der Waals surface area (Å²) in [5.41, 5.74) is 5.53. The van der Waals surface area contributed by atoms with Gasteiger partial charge in [-0.2, -0.15) is 0 Å². The smallest absolute Gasteiger partial charge is 0.312 e. The number of ether oxygens (including phenoxy) is 1. The van der Waals surface area contributed by atoms with Gasteiger partial charge in [0.1, 0.15) is 11.6 Å². The number of hydrogen-bond acceptors (Lipinski definition) is 2. The van der Waals surface area contributed by atoms with Crippen molar-refractivity contribution in [2.45, 2.75) is 13.0 Å². The first kappa shape index (κ1) is 11.3. The number of hydrogen-bond donors (Lipinski definition) is 2. The summed E-state index contributed by atoms with van der Waals surface area (Å²) in [6.07, 6.45) is 0. The van der Waals surface area contributed by atoms with Crippen LogP contribution in [0.3, 0.4) is 0 Å². The van der Waals surface area contributed by atoms with Crippen molar-refractivity contribution in [3.8, 4) is 5.75 Å². The monoisotopic (exact) mass is 212 g/mol. The Kier molecular flexibility index (Phi) is 3.49. The van der Waals surface area contributed by atoms with Gasteiger partial charge in [-0.25, -0.2) is 9.18 Å². The first-order valence-corrected chi connectivity index (χ1v) is 4.44. The topological polar surface area (TPSA) is 64.3 Å². The van der Waals surface area contributed by atoms with Crippen LogP contribution >= 0.6 is 0 Å². The summed E-state index contributed by atoms with van der Waals surface area (Å²) in [5.74, 6) is 0.126. The molecule has 0 fully saturated rings. The molecule has 0 aliphatic carbocycles. The number of primary amides is 1. The molecule has 1 rings (SSSR count). The van der Waals surface area contributed by atoms with E-state index < -0.39 is 12.1 Å². The van der Waals surface area contributed by atoms with E-state index >= 15 is 0 Å². The highest BCUT2D eigenvalue weighted by atomic mass is 19.1. The molecule has 82 valence electrons. The Labute approximate surface area is 87.2 Å². The standard InChI is InChI=1S/C10H13FN2O2/c1-6(13-10(12)14)8-5-7(11)3-4-9(8)15-2/h3-6H,1-2H3,(H3,12,13,14). The van der Waals surface area contributed by atoms with Gasteiger partial charge in [-0.1, -0.05) is 0 Å². The lowest BCUT2D eigenvalue weighted by Gasteiger charge is -2.15. The molecule has 0 aliphatic rings. The number of rotatable bonds is 3. The maximum absolute atomic E-state index is 13.0. The van der Waals surface area contributed by atoms with Gasteiger partial charge in [-0.3, -0.25) is 0 Å². The van der Waals surface area contributed by atoms with Crippen LogP contribution in [0.1, 0.15) is 18.5 Å². The molecule has 2 amide bonds. The van der Waals surface area contributed by atoms with Crippen molar-refractivity contribution in [3.05, 3.63) is 29.6 Å². The quantitative estimate of drug-likeness (QED) is 0.798. The zero-order valence-corrected chi connectivity index (χ0v) is 8.58. The summed E-state index contributed by atoms with van der Waals surface area (Å²) in [4.78, 5) is 10.6. The minimum absolute atomic E-state index is 0.385. The molecular formula is C10H13FN2O2. The van der Waals surface area contributed by atoms with Crippen LogP contribution in [0, 0.1) is 5.82 Å². The Morgan fingerprint density at radius 3 is 2.80 bits per heavy atom. The third-order valence-corrected chi connectivity index (χ3v) is 2.02. The molecule has 3 N–H and O–H groups in total. The number of benzene rings is 1. The average molecular weight is 212 g/mol. The van der Waals surface area contributed by atoms with Gasteiger partial charge in [0, 0.05) is 5.56 Å². The summed E-state index contributed by atoms with van der Waals surface area (Å²) < 4.78 is 18.0. The number of urea groups is 1. The zero-order chi connectivity index (χ0) is 11.4. The van der Waals surface area contributed by atoms with Gasteiger partial charge in [0.25, 0.3) is 0 Å². The fourth-order valence-corrected chi connectivity index (χ4v) is 1.33. The van der Waals surface area contributed by atoms with Gasteiger partial charge in [0.05, 0.1) is 13.2 Å². The molecular weight excluding hydrogens is 199 g/mol. The Bertz CT molecular complexity index is 368. The molecule has 1 aromatic rings. The molecule has 0 heterocycles. The summed E-state index contributed by atoms with van der Waals surface area (Å²) in [7, 11) is 1.48. The average Bonchev–Trinajstić information content (AvgIpc) is 2.16. The largest absolute Gasteiger partial charge is 0.496 e. The van der Waals surface area contributed by atoms with Crippen molar-refractivity contribution in [3.63, 3.8) is 0 Å². The van der Waals surface area contributed by atoms with Crippen LogP contribution < -0.4 is 15.8 Å². The molecule has 0 bridgehead atoms. The van der Waals surface area contributed by atoms with Gasteiger partial charge in [-0.05, 0) is 25.1 Å². The molecule has 0 saturated carbocycles. The Balaban J connectivity index is 2.99. The maximum atomic E-state index is 13.0. The van der Waals surface area contributed by atoms with Gasteiger partial charge in [0.2, 0.25) is 0 Å². The van der Waals surface area contributed by atoms with Crippen LogP contribution in [0.2, 0.25) is 0 Å². The molecule has 0 spiro atoms. The second-order valence-electron chi connectivity index (χ2n) is 3.12. The zero-order valence-electron chi connectivity index (χ0n) is 8.58. The van der Waals surface area contributed by atoms with Crippen molar-refractivity contribution in [1.29, 1.82) is 0 Å². The number of carbonyl (C=O) groups excluding carboxylic acids is 1. The highest BCUT2D eigenvalue weighted by Gasteiger charge is 2.13. The van der Waals surface area contributed by atoms with Crippen LogP contribution in [-0.2, 0) is 0 Å². The van der Waals surface area contributed by atoms with Crippen LogP contribution in [-0.4, -0.2) is 13.1 Å². The summed E-state index contributed by atoms with van der Waals surface area (Å²) in [6, 6.07) is 3.05. The third-order valence-electron chi connectivity index (χ3n) is 2.02. The summed E-state index contributed by atoms with van der Waals surface area (Å²) in [6.45, 7) is 1.70. The third kappa shape index (κ3) is 2.83. The molecule has 0 radical (unpaired) electrons. The molecule has 1 aromatic carbocycles. The van der Waals surface area contributed by atoms with Gasteiger partial charge in [0.15, 0.2) is 0 Å². The van der Waals surface area contributed by atoms with E-state index in [4.69, 9.17) is 10.5 Å². The maximum Gasteiger partial charge on any atom is 0.312 e. The normalized spacial score (nSPS) is 11.9. The van der Waals surface area contributed by atoms with Crippen molar-refractivity contribution >= 4 is 6.03 Å². The van der Waals surface area contributed by atoms with E-state index in [1.54, 1.807) is 6.92 Å². The van der Waals surface area contributed by atoms with E-state index in [9.17, 15) is 9.18 Å². The van der Waals surface area contributed by atoms with E-state index in [-0.39, 0.29) is 5.82 Å². The van der Waals surface area contributed by atoms with Gasteiger partial charge >= 0.3 is 6.03 Å². The molecule has 0 saturated heterocycles. The number of methoxy groups -OCH3 is 1. The van der Waals surface area contributed by atoms with E-state index in [0.717, 1.165) is 0 Å². The fourth-order valence-electron chi connectivity index (χ4n) is 1.33. The number of halogens is 1. The first-order valence-electron chi connectivity index (χ1n) is 4.44. The van der Waals surface area contributed by atoms with Gasteiger partial charge < -0.3 is 15.8 Å². The number of nitrogens with one attached hydrogen (secondary N) is 1. The number of nitrogens with two attached hydrogens (primary N) is 1. The number of amides is 2. The lowest BCUT2D eigenvalue weighted by atomic mass is 10.1. The lowest BCUT2D eigenvalue weighted by molar-refractivity contribution is 0.246. The summed E-state index contributed by atoms with van der Waals surface area (Å²) >= 11 is 0. The number of carbonyl (C=O) groups is 1.